The van der Waals surface area contributed by atoms with Crippen molar-refractivity contribution in [2.75, 3.05) is 70.3 Å². The Morgan fingerprint density at radius 1 is 1.14 bits per heavy atom. The Bertz CT molecular complexity index is 1780. The van der Waals surface area contributed by atoms with E-state index in [9.17, 15) is 4.79 Å². The number of anilines is 2. The van der Waals surface area contributed by atoms with Crippen molar-refractivity contribution in [1.82, 2.24) is 39.6 Å². The van der Waals surface area contributed by atoms with E-state index in [0.717, 1.165) is 50.5 Å². The van der Waals surface area contributed by atoms with Crippen LogP contribution in [0.3, 0.4) is 0 Å². The van der Waals surface area contributed by atoms with Crippen LogP contribution in [0.4, 0.5) is 16.3 Å². The fourth-order valence-corrected chi connectivity index (χ4v) is 5.40. The van der Waals surface area contributed by atoms with E-state index in [4.69, 9.17) is 24.3 Å². The summed E-state index contributed by atoms with van der Waals surface area (Å²) in [6, 6.07) is 7.18. The molecule has 1 aromatic carbocycles. The number of carbonyl (C=O) groups excluding carboxylic acids is 1. The normalized spacial score (nSPS) is 15.1. The zero-order valence-corrected chi connectivity index (χ0v) is 23.7. The molecule has 5 aromatic rings. The predicted octanol–water partition coefficient (Wildman–Crippen LogP) is 2.79. The summed E-state index contributed by atoms with van der Waals surface area (Å²) in [7, 11) is 1.61. The molecule has 0 spiro atoms. The third-order valence-corrected chi connectivity index (χ3v) is 7.58. The standard InChI is InChI=1S/C29H32N10O4/c1-41-26-15-22-25(43-11-6-30-22)16-24(26)39-23-14-21(19-18-34-38-8-3-4-31-28(19)38)33-17-20(23)27(36-39)35-29(40)32-5-2-7-37-9-12-42-13-10-37/h3-4,8,14-18,30H,2,5-7,9-13H2,1H3,(H2,32,35,36,40). The molecule has 14 nitrogen and oxygen atoms in total. The van der Waals surface area contributed by atoms with Crippen LogP contribution in [0.5, 0.6) is 11.5 Å². The highest BCUT2D eigenvalue weighted by molar-refractivity contribution is 6.00. The van der Waals surface area contributed by atoms with Gasteiger partial charge in [-0.2, -0.15) is 5.10 Å². The smallest absolute Gasteiger partial charge is 0.320 e. The molecular formula is C29H32N10O4. The van der Waals surface area contributed by atoms with Crippen molar-refractivity contribution in [2.24, 2.45) is 0 Å². The van der Waals surface area contributed by atoms with Crippen LogP contribution in [0.15, 0.2) is 49.1 Å². The molecule has 1 fully saturated rings. The van der Waals surface area contributed by atoms with Crippen molar-refractivity contribution in [3.8, 4) is 28.4 Å². The summed E-state index contributed by atoms with van der Waals surface area (Å²) >= 11 is 0. The lowest BCUT2D eigenvalue weighted by molar-refractivity contribution is 0.0375. The molecule has 0 aliphatic carbocycles. The van der Waals surface area contributed by atoms with Crippen LogP contribution in [0.1, 0.15) is 6.42 Å². The van der Waals surface area contributed by atoms with Crippen molar-refractivity contribution in [3.63, 3.8) is 0 Å². The van der Waals surface area contributed by atoms with Crippen LogP contribution in [0.25, 0.3) is 33.5 Å². The molecule has 0 atom stereocenters. The number of fused-ring (bicyclic) bond motifs is 3. The van der Waals surface area contributed by atoms with Crippen molar-refractivity contribution >= 4 is 34.1 Å². The minimum absolute atomic E-state index is 0.339. The van der Waals surface area contributed by atoms with Crippen molar-refractivity contribution in [2.45, 2.75) is 6.42 Å². The lowest BCUT2D eigenvalue weighted by atomic mass is 10.1. The van der Waals surface area contributed by atoms with Gasteiger partial charge in [0.2, 0.25) is 0 Å². The lowest BCUT2D eigenvalue weighted by Gasteiger charge is -2.26. The number of rotatable bonds is 8. The number of nitrogens with zero attached hydrogens (tertiary/aromatic N) is 7. The minimum Gasteiger partial charge on any atom is -0.494 e. The molecule has 3 N–H and O–H groups in total. The molecule has 7 rings (SSSR count). The average Bonchev–Trinajstić information content (AvgIpc) is 3.64. The van der Waals surface area contributed by atoms with Crippen molar-refractivity contribution in [3.05, 3.63) is 49.1 Å². The number of benzene rings is 1. The molecule has 222 valence electrons. The summed E-state index contributed by atoms with van der Waals surface area (Å²) in [6.45, 7) is 6.05. The monoisotopic (exact) mass is 584 g/mol. The number of ether oxygens (including phenoxy) is 3. The number of pyridine rings is 1. The van der Waals surface area contributed by atoms with Crippen LogP contribution in [0.2, 0.25) is 0 Å². The molecule has 43 heavy (non-hydrogen) atoms. The molecule has 14 heteroatoms. The second kappa shape index (κ2) is 11.7. The maximum atomic E-state index is 13.0. The van der Waals surface area contributed by atoms with E-state index >= 15 is 0 Å². The number of carbonyl (C=O) groups is 1. The number of amides is 2. The fraction of sp³-hybridized carbons (Fsp3) is 0.345. The van der Waals surface area contributed by atoms with E-state index in [2.05, 4.69) is 30.9 Å². The second-order valence-corrected chi connectivity index (χ2v) is 10.3. The predicted molar refractivity (Wildman–Crippen MR) is 160 cm³/mol. The molecule has 2 aliphatic heterocycles. The molecular weight excluding hydrogens is 552 g/mol. The van der Waals surface area contributed by atoms with Gasteiger partial charge >= 0.3 is 6.03 Å². The number of nitrogens with one attached hydrogen (secondary N) is 3. The number of methoxy groups -OCH3 is 1. The molecule has 0 unspecified atom stereocenters. The van der Waals surface area contributed by atoms with Gasteiger partial charge in [0.15, 0.2) is 11.5 Å². The Morgan fingerprint density at radius 2 is 2.05 bits per heavy atom. The van der Waals surface area contributed by atoms with Crippen LogP contribution in [-0.4, -0.2) is 99.9 Å². The average molecular weight is 585 g/mol. The Labute approximate surface area is 246 Å². The van der Waals surface area contributed by atoms with E-state index in [1.165, 1.54) is 0 Å². The van der Waals surface area contributed by atoms with Gasteiger partial charge in [-0.25, -0.2) is 19.0 Å². The van der Waals surface area contributed by atoms with Crippen LogP contribution in [-0.2, 0) is 4.74 Å². The molecule has 4 aromatic heterocycles. The Kier molecular flexibility index (Phi) is 7.35. The second-order valence-electron chi connectivity index (χ2n) is 10.3. The largest absolute Gasteiger partial charge is 0.494 e. The van der Waals surface area contributed by atoms with Crippen LogP contribution >= 0.6 is 0 Å². The zero-order chi connectivity index (χ0) is 29.2. The molecule has 0 saturated carbocycles. The van der Waals surface area contributed by atoms with Crippen LogP contribution in [0, 0.1) is 0 Å². The molecule has 1 saturated heterocycles. The fourth-order valence-electron chi connectivity index (χ4n) is 5.40. The van der Waals surface area contributed by atoms with Crippen molar-refractivity contribution < 1.29 is 19.0 Å². The summed E-state index contributed by atoms with van der Waals surface area (Å²) in [5, 5.41) is 19.1. The number of hydrogen-bond donors (Lipinski definition) is 3. The Hall–Kier alpha value is -4.95. The summed E-state index contributed by atoms with van der Waals surface area (Å²) < 4.78 is 20.5. The molecule has 0 radical (unpaired) electrons. The van der Waals surface area contributed by atoms with Gasteiger partial charge in [-0.3, -0.25) is 15.2 Å². The van der Waals surface area contributed by atoms with Crippen LogP contribution < -0.4 is 25.4 Å². The van der Waals surface area contributed by atoms with E-state index in [-0.39, 0.29) is 6.03 Å². The van der Waals surface area contributed by atoms with Gasteiger partial charge in [0.1, 0.15) is 23.8 Å². The number of aromatic nitrogens is 6. The number of urea groups is 1. The molecule has 2 amide bonds. The SMILES string of the molecule is COc1cc2c(cc1-n1nc(NC(=O)NCCCN3CCOCC3)c3cnc(-c4cnn5cccnc45)cc31)OCCN2. The summed E-state index contributed by atoms with van der Waals surface area (Å²) in [4.78, 5) is 24.5. The highest BCUT2D eigenvalue weighted by Gasteiger charge is 2.22. The topological polar surface area (TPSA) is 145 Å². The summed E-state index contributed by atoms with van der Waals surface area (Å²) in [6.07, 6.45) is 7.83. The molecule has 0 bridgehead atoms. The van der Waals surface area contributed by atoms with E-state index in [0.29, 0.717) is 64.9 Å². The maximum absolute atomic E-state index is 13.0. The highest BCUT2D eigenvalue weighted by atomic mass is 16.5. The minimum atomic E-state index is -0.339. The lowest BCUT2D eigenvalue weighted by Crippen LogP contribution is -2.38. The number of hydrogen-bond acceptors (Lipinski definition) is 10. The first-order valence-corrected chi connectivity index (χ1v) is 14.3. The quantitative estimate of drug-likeness (QED) is 0.233. The molecule has 6 heterocycles. The Morgan fingerprint density at radius 3 is 2.93 bits per heavy atom. The van der Waals surface area contributed by atoms with Gasteiger partial charge in [-0.05, 0) is 25.1 Å². The summed E-state index contributed by atoms with van der Waals surface area (Å²) in [5.74, 6) is 1.66. The van der Waals surface area contributed by atoms with Gasteiger partial charge in [0.25, 0.3) is 0 Å². The first-order valence-electron chi connectivity index (χ1n) is 14.3. The van der Waals surface area contributed by atoms with Gasteiger partial charge < -0.3 is 24.8 Å². The zero-order valence-electron chi connectivity index (χ0n) is 23.7. The Balaban J connectivity index is 1.22. The molecule has 2 aliphatic rings. The van der Waals surface area contributed by atoms with Gasteiger partial charge in [-0.15, -0.1) is 5.10 Å². The van der Waals surface area contributed by atoms with Crippen molar-refractivity contribution in [1.29, 1.82) is 0 Å². The highest BCUT2D eigenvalue weighted by Crippen LogP contribution is 2.39. The maximum Gasteiger partial charge on any atom is 0.320 e. The number of morpholine rings is 1. The summed E-state index contributed by atoms with van der Waals surface area (Å²) in [5.41, 5.74) is 4.33. The van der Waals surface area contributed by atoms with E-state index in [1.54, 1.807) is 34.9 Å². The van der Waals surface area contributed by atoms with E-state index in [1.807, 2.05) is 30.5 Å². The first-order chi connectivity index (χ1) is 21.2. The van der Waals surface area contributed by atoms with Gasteiger partial charge in [0.05, 0.1) is 54.4 Å². The third kappa shape index (κ3) is 5.37. The van der Waals surface area contributed by atoms with E-state index < -0.39 is 0 Å². The van der Waals surface area contributed by atoms with Gasteiger partial charge in [0, 0.05) is 56.9 Å². The third-order valence-electron chi connectivity index (χ3n) is 7.58. The first kappa shape index (κ1) is 26.9. The van der Waals surface area contributed by atoms with Gasteiger partial charge in [-0.1, -0.05) is 0 Å².